The molecule has 0 amide bonds. The minimum Gasteiger partial charge on any atom is -0.489 e. The molecule has 1 aliphatic heterocycles. The van der Waals surface area contributed by atoms with E-state index >= 15 is 0 Å². The molecule has 0 saturated carbocycles. The molecule has 4 aromatic rings. The highest BCUT2D eigenvalue weighted by Crippen LogP contribution is 2.45. The summed E-state index contributed by atoms with van der Waals surface area (Å²) >= 11 is 0. The lowest BCUT2D eigenvalue weighted by molar-refractivity contribution is 0.306. The number of halogens is 1. The number of hydrogen-bond donors (Lipinski definition) is 2. The number of benzene rings is 3. The van der Waals surface area contributed by atoms with Gasteiger partial charge in [0.15, 0.2) is 0 Å². The fraction of sp³-hybridized carbons (Fsp3) is 0.0769. The summed E-state index contributed by atoms with van der Waals surface area (Å²) in [5.41, 5.74) is 9.97. The predicted octanol–water partition coefficient (Wildman–Crippen LogP) is 5.01. The Kier molecular flexibility index (Phi) is 5.25. The maximum atomic E-state index is 14.0. The molecular formula is C26H19FN4O2. The molecule has 0 spiro atoms. The van der Waals surface area contributed by atoms with Gasteiger partial charge in [0.25, 0.3) is 0 Å². The summed E-state index contributed by atoms with van der Waals surface area (Å²) in [4.78, 5) is 0. The summed E-state index contributed by atoms with van der Waals surface area (Å²) in [5.74, 6) is -0.0727. The van der Waals surface area contributed by atoms with E-state index in [1.165, 1.54) is 12.1 Å². The normalized spacial score (nSPS) is 14.8. The Bertz CT molecular complexity index is 1370. The van der Waals surface area contributed by atoms with Gasteiger partial charge in [-0.25, -0.2) is 4.39 Å². The third-order valence-electron chi connectivity index (χ3n) is 5.51. The van der Waals surface area contributed by atoms with Gasteiger partial charge in [-0.1, -0.05) is 42.5 Å². The Morgan fingerprint density at radius 1 is 1.06 bits per heavy atom. The third kappa shape index (κ3) is 3.90. The quantitative estimate of drug-likeness (QED) is 0.456. The van der Waals surface area contributed by atoms with Crippen molar-refractivity contribution in [3.05, 3.63) is 113 Å². The summed E-state index contributed by atoms with van der Waals surface area (Å²) in [6, 6.07) is 25.6. The van der Waals surface area contributed by atoms with Crippen LogP contribution >= 0.6 is 0 Å². The second kappa shape index (κ2) is 8.52. The standard InChI is InChI=1S/C26H19FN4O2/c27-19-8-4-7-18(13-19)22-21(14-28)25(29)33-26-23(22)24(30-31-26)17-9-11-20(12-10-17)32-15-16-5-2-1-3-6-16/h1-13,22H,15,29H2,(H,30,31)/t22-/m1/s1. The number of nitriles is 1. The molecule has 1 aliphatic rings. The molecule has 3 N–H and O–H groups in total. The number of nitrogens with two attached hydrogens (primary N) is 1. The van der Waals surface area contributed by atoms with Crippen LogP contribution in [-0.2, 0) is 6.61 Å². The van der Waals surface area contributed by atoms with Crippen molar-refractivity contribution in [2.24, 2.45) is 5.73 Å². The zero-order chi connectivity index (χ0) is 22.8. The maximum absolute atomic E-state index is 14.0. The number of aromatic nitrogens is 2. The number of nitrogens with one attached hydrogen (secondary N) is 1. The van der Waals surface area contributed by atoms with Crippen LogP contribution in [0.2, 0.25) is 0 Å². The lowest BCUT2D eigenvalue weighted by Gasteiger charge is -2.24. The van der Waals surface area contributed by atoms with E-state index in [-0.39, 0.29) is 17.3 Å². The van der Waals surface area contributed by atoms with Crippen molar-refractivity contribution in [2.45, 2.75) is 12.5 Å². The van der Waals surface area contributed by atoms with Crippen molar-refractivity contribution in [3.63, 3.8) is 0 Å². The van der Waals surface area contributed by atoms with Crippen molar-refractivity contribution in [1.82, 2.24) is 10.2 Å². The third-order valence-corrected chi connectivity index (χ3v) is 5.51. The molecule has 33 heavy (non-hydrogen) atoms. The number of aromatic amines is 1. The van der Waals surface area contributed by atoms with Crippen molar-refractivity contribution in [2.75, 3.05) is 0 Å². The lowest BCUT2D eigenvalue weighted by atomic mass is 9.83. The average molecular weight is 438 g/mol. The monoisotopic (exact) mass is 438 g/mol. The van der Waals surface area contributed by atoms with Crippen LogP contribution in [0, 0.1) is 17.1 Å². The number of ether oxygens (including phenoxy) is 2. The number of H-pyrrole nitrogens is 1. The van der Waals surface area contributed by atoms with Crippen LogP contribution in [0.1, 0.15) is 22.6 Å². The van der Waals surface area contributed by atoms with Crippen LogP contribution in [0.3, 0.4) is 0 Å². The van der Waals surface area contributed by atoms with Crippen molar-refractivity contribution < 1.29 is 13.9 Å². The summed E-state index contributed by atoms with van der Waals surface area (Å²) in [5, 5.41) is 17.0. The second-order valence-electron chi connectivity index (χ2n) is 7.60. The Hall–Kier alpha value is -4.57. The maximum Gasteiger partial charge on any atom is 0.244 e. The van der Waals surface area contributed by atoms with E-state index in [0.29, 0.717) is 23.4 Å². The van der Waals surface area contributed by atoms with E-state index in [9.17, 15) is 9.65 Å². The second-order valence-corrected chi connectivity index (χ2v) is 7.60. The van der Waals surface area contributed by atoms with Gasteiger partial charge in [0.05, 0.1) is 17.2 Å². The first-order valence-electron chi connectivity index (χ1n) is 10.3. The number of fused-ring (bicyclic) bond motifs is 1. The number of nitrogens with zero attached hydrogens (tertiary/aromatic N) is 2. The molecule has 0 unspecified atom stereocenters. The molecule has 2 heterocycles. The molecular weight excluding hydrogens is 419 g/mol. The van der Waals surface area contributed by atoms with Crippen LogP contribution in [0.15, 0.2) is 90.3 Å². The highest BCUT2D eigenvalue weighted by molar-refractivity contribution is 5.71. The van der Waals surface area contributed by atoms with Gasteiger partial charge < -0.3 is 15.2 Å². The average Bonchev–Trinajstić information content (AvgIpc) is 3.26. The first kappa shape index (κ1) is 20.3. The molecule has 0 radical (unpaired) electrons. The first-order chi connectivity index (χ1) is 16.1. The fourth-order valence-corrected chi connectivity index (χ4v) is 3.94. The van der Waals surface area contributed by atoms with Crippen molar-refractivity contribution in [3.8, 4) is 29.0 Å². The van der Waals surface area contributed by atoms with Gasteiger partial charge in [0.2, 0.25) is 11.8 Å². The molecule has 162 valence electrons. The molecule has 5 rings (SSSR count). The van der Waals surface area contributed by atoms with Gasteiger partial charge in [-0.15, -0.1) is 5.10 Å². The fourth-order valence-electron chi connectivity index (χ4n) is 3.94. The van der Waals surface area contributed by atoms with Gasteiger partial charge in [-0.05, 0) is 47.5 Å². The summed E-state index contributed by atoms with van der Waals surface area (Å²) in [6.45, 7) is 0.463. The molecule has 0 aliphatic carbocycles. The van der Waals surface area contributed by atoms with Gasteiger partial charge in [-0.2, -0.15) is 5.26 Å². The SMILES string of the molecule is N#CC1=C(N)Oc2n[nH]c(-c3ccc(OCc4ccccc4)cc3)c2[C@@H]1c1cccc(F)c1. The summed E-state index contributed by atoms with van der Waals surface area (Å²) < 4.78 is 25.5. The van der Waals surface area contributed by atoms with Crippen molar-refractivity contribution >= 4 is 0 Å². The van der Waals surface area contributed by atoms with Crippen LogP contribution in [0.4, 0.5) is 4.39 Å². The Labute approximate surface area is 189 Å². The molecule has 0 bridgehead atoms. The summed E-state index contributed by atoms with van der Waals surface area (Å²) in [7, 11) is 0. The van der Waals surface area contributed by atoms with E-state index in [1.54, 1.807) is 12.1 Å². The zero-order valence-electron chi connectivity index (χ0n) is 17.5. The Morgan fingerprint density at radius 3 is 2.58 bits per heavy atom. The minimum atomic E-state index is -0.614. The molecule has 7 heteroatoms. The van der Waals surface area contributed by atoms with Crippen LogP contribution in [0.5, 0.6) is 11.6 Å². The van der Waals surface area contributed by atoms with E-state index < -0.39 is 11.7 Å². The Morgan fingerprint density at radius 2 is 1.85 bits per heavy atom. The molecule has 0 fully saturated rings. The van der Waals surface area contributed by atoms with E-state index in [0.717, 1.165) is 16.9 Å². The molecule has 1 atom stereocenters. The first-order valence-corrected chi connectivity index (χ1v) is 10.3. The van der Waals surface area contributed by atoms with Gasteiger partial charge >= 0.3 is 0 Å². The van der Waals surface area contributed by atoms with E-state index in [2.05, 4.69) is 16.3 Å². The highest BCUT2D eigenvalue weighted by Gasteiger charge is 2.35. The topological polar surface area (TPSA) is 97.0 Å². The predicted molar refractivity (Wildman–Crippen MR) is 120 cm³/mol. The van der Waals surface area contributed by atoms with Crippen molar-refractivity contribution in [1.29, 1.82) is 5.26 Å². The van der Waals surface area contributed by atoms with Gasteiger partial charge in [-0.3, -0.25) is 5.10 Å². The molecule has 6 nitrogen and oxygen atoms in total. The lowest BCUT2D eigenvalue weighted by Crippen LogP contribution is -2.21. The highest BCUT2D eigenvalue weighted by atomic mass is 19.1. The summed E-state index contributed by atoms with van der Waals surface area (Å²) in [6.07, 6.45) is 0. The minimum absolute atomic E-state index is 0.0398. The molecule has 1 aromatic heterocycles. The number of hydrogen-bond acceptors (Lipinski definition) is 5. The van der Waals surface area contributed by atoms with Crippen LogP contribution in [-0.4, -0.2) is 10.2 Å². The molecule has 0 saturated heterocycles. The largest absolute Gasteiger partial charge is 0.489 e. The smallest absolute Gasteiger partial charge is 0.244 e. The van der Waals surface area contributed by atoms with Gasteiger partial charge in [0.1, 0.15) is 29.8 Å². The number of rotatable bonds is 5. The molecule has 3 aromatic carbocycles. The number of allylic oxidation sites excluding steroid dienone is 1. The van der Waals surface area contributed by atoms with Gasteiger partial charge in [0, 0.05) is 5.56 Å². The Balaban J connectivity index is 1.49. The van der Waals surface area contributed by atoms with E-state index in [1.807, 2.05) is 54.6 Å². The zero-order valence-corrected chi connectivity index (χ0v) is 17.5. The van der Waals surface area contributed by atoms with Crippen LogP contribution in [0.25, 0.3) is 11.3 Å². The van der Waals surface area contributed by atoms with Crippen LogP contribution < -0.4 is 15.2 Å². The van der Waals surface area contributed by atoms with E-state index in [4.69, 9.17) is 15.2 Å².